The number of aliphatic hydroxyl groups is 1. The number of esters is 3. The van der Waals surface area contributed by atoms with Crippen molar-refractivity contribution in [3.05, 3.63) is 82.9 Å². The van der Waals surface area contributed by atoms with Gasteiger partial charge in [-0.2, -0.15) is 0 Å². The van der Waals surface area contributed by atoms with Crippen molar-refractivity contribution in [1.82, 2.24) is 5.32 Å². The van der Waals surface area contributed by atoms with E-state index in [9.17, 15) is 24.3 Å². The molecule has 2 aromatic carbocycles. The van der Waals surface area contributed by atoms with Crippen molar-refractivity contribution in [3.8, 4) is 0 Å². The van der Waals surface area contributed by atoms with E-state index in [-0.39, 0.29) is 37.4 Å². The molecule has 0 spiro atoms. The maximum absolute atomic E-state index is 15.9. The van der Waals surface area contributed by atoms with Gasteiger partial charge in [-0.15, -0.1) is 0 Å². The number of unbranched alkanes of at least 4 members (excludes halogenated alkanes) is 2. The van der Waals surface area contributed by atoms with Crippen molar-refractivity contribution >= 4 is 35.9 Å². The molecule has 424 valence electrons. The fourth-order valence-electron chi connectivity index (χ4n) is 12.4. The van der Waals surface area contributed by atoms with Gasteiger partial charge in [-0.05, 0) is 76.3 Å². The van der Waals surface area contributed by atoms with Crippen LogP contribution in [0.2, 0.25) is 0 Å². The van der Waals surface area contributed by atoms with E-state index in [1.807, 2.05) is 0 Å². The topological polar surface area (TPSA) is 236 Å². The number of methoxy groups -OCH3 is 2. The highest BCUT2D eigenvalue weighted by Gasteiger charge is 2.78. The van der Waals surface area contributed by atoms with Crippen molar-refractivity contribution in [1.29, 1.82) is 0 Å². The Bertz CT molecular complexity index is 2480. The number of rotatable bonds is 19. The lowest BCUT2D eigenvalue weighted by Gasteiger charge is -2.67. The number of alkyl carbamates (subject to hydrolysis) is 1. The molecule has 1 amide bonds. The van der Waals surface area contributed by atoms with Gasteiger partial charge in [0.05, 0.1) is 36.2 Å². The molecule has 0 radical (unpaired) electrons. The number of fused-ring (bicyclic) bond motifs is 5. The van der Waals surface area contributed by atoms with Crippen LogP contribution in [0.4, 0.5) is 9.59 Å². The summed E-state index contributed by atoms with van der Waals surface area (Å²) in [6.07, 6.45) is -6.96. The maximum atomic E-state index is 15.9. The minimum Gasteiger partial charge on any atom is -0.455 e. The molecule has 2 saturated heterocycles. The van der Waals surface area contributed by atoms with Gasteiger partial charge in [-0.3, -0.25) is 9.59 Å². The third-order valence-corrected chi connectivity index (χ3v) is 16.4. The number of hydrogen-bond acceptors (Lipinski definition) is 18. The van der Waals surface area contributed by atoms with E-state index in [0.29, 0.717) is 24.0 Å². The largest absolute Gasteiger partial charge is 0.509 e. The molecule has 19 nitrogen and oxygen atoms in total. The molecule has 2 aliphatic heterocycles. The van der Waals surface area contributed by atoms with Crippen molar-refractivity contribution < 1.29 is 86.0 Å². The van der Waals surface area contributed by atoms with E-state index in [4.69, 9.17) is 52.1 Å². The Hall–Kier alpha value is -5.44. The van der Waals surface area contributed by atoms with Crippen LogP contribution in [0.15, 0.2) is 71.8 Å². The second-order valence-corrected chi connectivity index (χ2v) is 22.8. The number of benzene rings is 2. The van der Waals surface area contributed by atoms with E-state index in [2.05, 4.69) is 19.2 Å². The lowest BCUT2D eigenvalue weighted by atomic mass is 9.44. The lowest BCUT2D eigenvalue weighted by Crippen LogP contribution is -2.82. The Morgan fingerprint density at radius 1 is 0.896 bits per heavy atom. The van der Waals surface area contributed by atoms with Gasteiger partial charge in [-0.1, -0.05) is 89.1 Å². The standard InChI is InChI=1S/C58H79NO18/c1-13-15-27-56(28-16-14-2)71-32-38(76-56)31-69-52(65)73-45(43(36-23-19-17-20-24-36)59-51(64)77-53(5,6)7)50(63)72-39-30-58(66)48(74-49(62)37-25-21-18-22-26-37)46-55(10,47(61)44(68-12)42(34(39)3)54(58,8)9)40(67-11)29-41-57(46,33-70-41)75-35(4)60/h17-26,38-41,43-46,48,66H,13-16,27-33H2,1-12H3,(H,59,64)/t38-,39-,40-,41+,43-,44+,45+,46-,48-,55+,57-,58+/m0/s1. The Morgan fingerprint density at radius 2 is 1.53 bits per heavy atom. The third kappa shape index (κ3) is 11.7. The lowest BCUT2D eigenvalue weighted by molar-refractivity contribution is -0.347. The molecule has 2 bridgehead atoms. The highest BCUT2D eigenvalue weighted by atomic mass is 16.8. The van der Waals surface area contributed by atoms with Gasteiger partial charge in [0.1, 0.15) is 54.4 Å². The summed E-state index contributed by atoms with van der Waals surface area (Å²) in [6, 6.07) is 14.8. The molecule has 19 heteroatoms. The summed E-state index contributed by atoms with van der Waals surface area (Å²) < 4.78 is 67.6. The zero-order valence-corrected chi connectivity index (χ0v) is 46.6. The average molecular weight is 1080 g/mol. The van der Waals surface area contributed by atoms with Crippen LogP contribution in [0.25, 0.3) is 0 Å². The first-order valence-electron chi connectivity index (χ1n) is 26.9. The first-order valence-corrected chi connectivity index (χ1v) is 26.9. The Morgan fingerprint density at radius 3 is 2.09 bits per heavy atom. The highest BCUT2D eigenvalue weighted by molar-refractivity contribution is 5.94. The normalized spacial score (nSPS) is 30.9. The van der Waals surface area contributed by atoms with E-state index in [1.54, 1.807) is 97.0 Å². The molecule has 2 saturated carbocycles. The fourth-order valence-corrected chi connectivity index (χ4v) is 12.4. The molecule has 0 aromatic heterocycles. The molecule has 12 atom stereocenters. The Kier molecular flexibility index (Phi) is 18.1. The Labute approximate surface area is 451 Å². The first kappa shape index (κ1) is 59.2. The van der Waals surface area contributed by atoms with Crippen LogP contribution in [-0.2, 0) is 66.5 Å². The summed E-state index contributed by atoms with van der Waals surface area (Å²) in [5.41, 5.74) is -7.34. The van der Waals surface area contributed by atoms with Crippen LogP contribution in [-0.4, -0.2) is 140 Å². The maximum Gasteiger partial charge on any atom is 0.509 e. The number of nitrogens with one attached hydrogen (secondary N) is 1. The van der Waals surface area contributed by atoms with E-state index >= 15 is 9.59 Å². The molecule has 2 aromatic rings. The number of hydrogen-bond donors (Lipinski definition) is 2. The Balaban J connectivity index is 1.33. The molecule has 2 heterocycles. The molecule has 0 unspecified atom stereocenters. The van der Waals surface area contributed by atoms with E-state index in [1.165, 1.54) is 33.3 Å². The van der Waals surface area contributed by atoms with Gasteiger partial charge in [0, 0.05) is 52.2 Å². The number of ether oxygens (including phenoxy) is 11. The minimum absolute atomic E-state index is 0.0856. The van der Waals surface area contributed by atoms with Crippen LogP contribution in [0.3, 0.4) is 0 Å². The second-order valence-electron chi connectivity index (χ2n) is 22.8. The van der Waals surface area contributed by atoms with Crippen LogP contribution < -0.4 is 5.32 Å². The number of carbonyl (C=O) groups excluding carboxylic acids is 6. The van der Waals surface area contributed by atoms with Crippen molar-refractivity contribution in [2.75, 3.05) is 34.0 Å². The summed E-state index contributed by atoms with van der Waals surface area (Å²) in [6.45, 7) is 16.6. The molecule has 7 rings (SSSR count). The monoisotopic (exact) mass is 1080 g/mol. The van der Waals surface area contributed by atoms with E-state index < -0.39 is 130 Å². The van der Waals surface area contributed by atoms with Gasteiger partial charge >= 0.3 is 30.2 Å². The predicted octanol–water partition coefficient (Wildman–Crippen LogP) is 8.22. The number of Topliss-reactive ketones (excluding diaryl/α,β-unsaturated/α-hetero) is 1. The molecule has 5 aliphatic rings. The molecule has 4 fully saturated rings. The molecular formula is C58H79NO18. The van der Waals surface area contributed by atoms with Crippen molar-refractivity contribution in [3.63, 3.8) is 0 Å². The number of amides is 1. The third-order valence-electron chi connectivity index (χ3n) is 16.4. The SMILES string of the molecule is CCCCC1(CCCC)OC[C@H](COC(=O)O[C@@H](C(=O)O[C@H]2C[C@@]3(O)[C@@H](OC(=O)c4ccccc4)[C@@H]4[C@]5(OC(C)=O)CO[C@@H]5C[C@H](OC)[C@@]4(C)C(=O)[C@H](OC)C(=C2C)C3(C)C)[C@@H](NC(=O)OC(C)(C)C)c2ccccc2)O1. The minimum atomic E-state index is -2.32. The second kappa shape index (κ2) is 23.5. The van der Waals surface area contributed by atoms with E-state index in [0.717, 1.165) is 25.7 Å². The summed E-state index contributed by atoms with van der Waals surface area (Å²) in [7, 11) is 2.77. The van der Waals surface area contributed by atoms with Gasteiger partial charge in [0.25, 0.3) is 0 Å². The zero-order chi connectivity index (χ0) is 56.3. The van der Waals surface area contributed by atoms with Crippen molar-refractivity contribution in [2.24, 2.45) is 16.7 Å². The van der Waals surface area contributed by atoms with Crippen LogP contribution >= 0.6 is 0 Å². The summed E-state index contributed by atoms with van der Waals surface area (Å²) >= 11 is 0. The van der Waals surface area contributed by atoms with Crippen molar-refractivity contribution in [2.45, 2.75) is 192 Å². The first-order chi connectivity index (χ1) is 36.3. The molecule has 3 aliphatic carbocycles. The average Bonchev–Trinajstić information content (AvgIpc) is 3.85. The van der Waals surface area contributed by atoms with Gasteiger partial charge in [0.2, 0.25) is 6.10 Å². The quantitative estimate of drug-likeness (QED) is 0.0765. The van der Waals surface area contributed by atoms with Gasteiger partial charge < -0.3 is 62.5 Å². The molecular weight excluding hydrogens is 999 g/mol. The van der Waals surface area contributed by atoms with Gasteiger partial charge in [0.15, 0.2) is 17.2 Å². The van der Waals surface area contributed by atoms with Crippen LogP contribution in [0.5, 0.6) is 0 Å². The summed E-state index contributed by atoms with van der Waals surface area (Å²) in [5.74, 6) is -5.56. The predicted molar refractivity (Wildman–Crippen MR) is 276 cm³/mol. The molecule has 77 heavy (non-hydrogen) atoms. The van der Waals surface area contributed by atoms with Crippen LogP contribution in [0.1, 0.15) is 143 Å². The van der Waals surface area contributed by atoms with Crippen LogP contribution in [0, 0.1) is 16.7 Å². The summed E-state index contributed by atoms with van der Waals surface area (Å²) in [5, 5.41) is 16.8. The smallest absolute Gasteiger partial charge is 0.455 e. The summed E-state index contributed by atoms with van der Waals surface area (Å²) in [4.78, 5) is 87.0. The highest BCUT2D eigenvalue weighted by Crippen LogP contribution is 2.65. The zero-order valence-electron chi connectivity index (χ0n) is 46.6. The number of carbonyl (C=O) groups is 6. The fraction of sp³-hybridized carbons (Fsp3) is 0.655. The number of ketones is 1. The molecule has 2 N–H and O–H groups in total. The van der Waals surface area contributed by atoms with Gasteiger partial charge in [-0.25, -0.2) is 19.2 Å².